The van der Waals surface area contributed by atoms with E-state index in [1.165, 1.54) is 0 Å². The highest BCUT2D eigenvalue weighted by Gasteiger charge is 2.36. The van der Waals surface area contributed by atoms with Crippen LogP contribution in [0.4, 0.5) is 0 Å². The summed E-state index contributed by atoms with van der Waals surface area (Å²) in [4.78, 5) is 0.375. The molecule has 5 heteroatoms. The standard InChI is InChI=1S/C20H25NO3S/c1-13-10-14(2)19(15(3)11-13)25(22,23)21-17-12-20(4,5)24-18-9-7-6-8-16(17)18/h6-11,17,21H,12H2,1-5H3. The summed E-state index contributed by atoms with van der Waals surface area (Å²) in [7, 11) is -3.64. The van der Waals surface area contributed by atoms with Gasteiger partial charge in [0.15, 0.2) is 0 Å². The first-order chi connectivity index (χ1) is 11.6. The maximum Gasteiger partial charge on any atom is 0.241 e. The quantitative estimate of drug-likeness (QED) is 0.894. The van der Waals surface area contributed by atoms with E-state index in [1.54, 1.807) is 0 Å². The van der Waals surface area contributed by atoms with Gasteiger partial charge in [-0.2, -0.15) is 0 Å². The largest absolute Gasteiger partial charge is 0.487 e. The Morgan fingerprint density at radius 2 is 1.68 bits per heavy atom. The van der Waals surface area contributed by atoms with E-state index >= 15 is 0 Å². The van der Waals surface area contributed by atoms with Crippen molar-refractivity contribution in [3.63, 3.8) is 0 Å². The third kappa shape index (κ3) is 3.58. The van der Waals surface area contributed by atoms with Crippen LogP contribution in [0.1, 0.15) is 48.6 Å². The number of aryl methyl sites for hydroxylation is 3. The number of rotatable bonds is 3. The number of sulfonamides is 1. The Morgan fingerprint density at radius 1 is 1.08 bits per heavy atom. The molecule has 134 valence electrons. The molecule has 1 unspecified atom stereocenters. The Balaban J connectivity index is 2.02. The van der Waals surface area contributed by atoms with Crippen LogP contribution in [-0.2, 0) is 10.0 Å². The fourth-order valence-corrected chi connectivity index (χ4v) is 5.41. The Morgan fingerprint density at radius 3 is 2.32 bits per heavy atom. The topological polar surface area (TPSA) is 55.4 Å². The Kier molecular flexibility index (Phi) is 4.41. The molecule has 0 aliphatic carbocycles. The van der Waals surface area contributed by atoms with Crippen molar-refractivity contribution in [1.29, 1.82) is 0 Å². The average Bonchev–Trinajstić information content (AvgIpc) is 2.43. The highest BCUT2D eigenvalue weighted by atomic mass is 32.2. The molecule has 2 aromatic rings. The summed E-state index contributed by atoms with van der Waals surface area (Å²) in [5.74, 6) is 0.740. The normalized spacial score (nSPS) is 19.2. The number of para-hydroxylation sites is 1. The molecule has 4 nitrogen and oxygen atoms in total. The monoisotopic (exact) mass is 359 g/mol. The Bertz CT molecular complexity index is 893. The molecule has 1 aliphatic heterocycles. The summed E-state index contributed by atoms with van der Waals surface area (Å²) >= 11 is 0. The van der Waals surface area contributed by atoms with Crippen LogP contribution in [0.25, 0.3) is 0 Å². The molecule has 0 amide bonds. The van der Waals surface area contributed by atoms with Crippen molar-refractivity contribution in [2.45, 2.75) is 57.6 Å². The summed E-state index contributed by atoms with van der Waals surface area (Å²) < 4.78 is 35.2. The van der Waals surface area contributed by atoms with Gasteiger partial charge in [0.25, 0.3) is 0 Å². The van der Waals surface area contributed by atoms with E-state index in [1.807, 2.05) is 71.0 Å². The molecule has 0 saturated heterocycles. The summed E-state index contributed by atoms with van der Waals surface area (Å²) in [6, 6.07) is 11.1. The predicted octanol–water partition coefficient (Wildman–Crippen LogP) is 4.19. The lowest BCUT2D eigenvalue weighted by Crippen LogP contribution is -2.41. The first kappa shape index (κ1) is 18.0. The van der Waals surface area contributed by atoms with Crippen LogP contribution in [0.3, 0.4) is 0 Å². The van der Waals surface area contributed by atoms with Crippen LogP contribution in [0.15, 0.2) is 41.3 Å². The lowest BCUT2D eigenvalue weighted by molar-refractivity contribution is 0.0702. The van der Waals surface area contributed by atoms with Crippen LogP contribution in [0.5, 0.6) is 5.75 Å². The van der Waals surface area contributed by atoms with Gasteiger partial charge in [0, 0.05) is 12.0 Å². The van der Waals surface area contributed by atoms with Gasteiger partial charge in [-0.3, -0.25) is 0 Å². The Labute approximate surface area is 150 Å². The Hall–Kier alpha value is -1.85. The fourth-order valence-electron chi connectivity index (χ4n) is 3.74. The van der Waals surface area contributed by atoms with Crippen LogP contribution >= 0.6 is 0 Å². The van der Waals surface area contributed by atoms with Gasteiger partial charge in [-0.25, -0.2) is 13.1 Å². The number of hydrogen-bond acceptors (Lipinski definition) is 3. The van der Waals surface area contributed by atoms with E-state index in [9.17, 15) is 8.42 Å². The van der Waals surface area contributed by atoms with E-state index in [4.69, 9.17) is 4.74 Å². The molecular weight excluding hydrogens is 334 g/mol. The molecule has 0 saturated carbocycles. The van der Waals surface area contributed by atoms with Gasteiger partial charge >= 0.3 is 0 Å². The molecule has 1 aliphatic rings. The molecule has 0 bridgehead atoms. The van der Waals surface area contributed by atoms with Gasteiger partial charge in [-0.05, 0) is 51.8 Å². The summed E-state index contributed by atoms with van der Waals surface area (Å²) in [5, 5.41) is 0. The van der Waals surface area contributed by atoms with Crippen molar-refractivity contribution in [3.05, 3.63) is 58.7 Å². The minimum absolute atomic E-state index is 0.315. The molecule has 0 spiro atoms. The number of nitrogens with one attached hydrogen (secondary N) is 1. The summed E-state index contributed by atoms with van der Waals surface area (Å²) in [6.07, 6.45) is 0.577. The molecule has 0 fully saturated rings. The molecule has 2 aromatic carbocycles. The number of fused-ring (bicyclic) bond motifs is 1. The van der Waals surface area contributed by atoms with E-state index in [0.717, 1.165) is 28.0 Å². The lowest BCUT2D eigenvalue weighted by Gasteiger charge is -2.37. The molecule has 0 radical (unpaired) electrons. The zero-order chi connectivity index (χ0) is 18.4. The lowest BCUT2D eigenvalue weighted by atomic mass is 9.90. The first-order valence-electron chi connectivity index (χ1n) is 8.47. The smallest absolute Gasteiger partial charge is 0.241 e. The van der Waals surface area contributed by atoms with Crippen LogP contribution < -0.4 is 9.46 Å². The highest BCUT2D eigenvalue weighted by molar-refractivity contribution is 7.89. The molecule has 1 atom stereocenters. The SMILES string of the molecule is Cc1cc(C)c(S(=O)(=O)NC2CC(C)(C)Oc3ccccc32)c(C)c1. The molecule has 0 aromatic heterocycles. The van der Waals surface area contributed by atoms with Crippen LogP contribution in [0.2, 0.25) is 0 Å². The second-order valence-corrected chi connectivity index (χ2v) is 9.16. The molecule has 3 rings (SSSR count). The molecule has 1 N–H and O–H groups in total. The maximum absolute atomic E-state index is 13.1. The van der Waals surface area contributed by atoms with Crippen molar-refractivity contribution < 1.29 is 13.2 Å². The number of ether oxygens (including phenoxy) is 1. The molecular formula is C20H25NO3S. The van der Waals surface area contributed by atoms with Gasteiger partial charge in [0.2, 0.25) is 10.0 Å². The zero-order valence-corrected chi connectivity index (χ0v) is 16.2. The minimum Gasteiger partial charge on any atom is -0.487 e. The second kappa shape index (κ2) is 6.15. The van der Waals surface area contributed by atoms with Crippen molar-refractivity contribution in [2.24, 2.45) is 0 Å². The average molecular weight is 359 g/mol. The van der Waals surface area contributed by atoms with Gasteiger partial charge < -0.3 is 4.74 Å². The van der Waals surface area contributed by atoms with Gasteiger partial charge in [0.05, 0.1) is 10.9 Å². The summed E-state index contributed by atoms with van der Waals surface area (Å²) in [6.45, 7) is 9.62. The number of hydrogen-bond donors (Lipinski definition) is 1. The van der Waals surface area contributed by atoms with Gasteiger partial charge in [0.1, 0.15) is 11.4 Å². The van der Waals surface area contributed by atoms with Crippen molar-refractivity contribution >= 4 is 10.0 Å². The highest BCUT2D eigenvalue weighted by Crippen LogP contribution is 2.40. The van der Waals surface area contributed by atoms with Gasteiger partial charge in [-0.15, -0.1) is 0 Å². The number of benzene rings is 2. The zero-order valence-electron chi connectivity index (χ0n) is 15.4. The maximum atomic E-state index is 13.1. The van der Waals surface area contributed by atoms with E-state index in [-0.39, 0.29) is 6.04 Å². The van der Waals surface area contributed by atoms with E-state index in [2.05, 4.69) is 4.72 Å². The summed E-state index contributed by atoms with van der Waals surface area (Å²) in [5.41, 5.74) is 3.05. The molecule has 25 heavy (non-hydrogen) atoms. The fraction of sp³-hybridized carbons (Fsp3) is 0.400. The third-order valence-electron chi connectivity index (χ3n) is 4.55. The van der Waals surface area contributed by atoms with Crippen molar-refractivity contribution in [3.8, 4) is 5.75 Å². The van der Waals surface area contributed by atoms with E-state index < -0.39 is 15.6 Å². The van der Waals surface area contributed by atoms with Gasteiger partial charge in [-0.1, -0.05) is 35.9 Å². The predicted molar refractivity (Wildman–Crippen MR) is 99.5 cm³/mol. The van der Waals surface area contributed by atoms with Crippen molar-refractivity contribution in [1.82, 2.24) is 4.72 Å². The molecule has 1 heterocycles. The van der Waals surface area contributed by atoms with Crippen LogP contribution in [0, 0.1) is 20.8 Å². The third-order valence-corrected chi connectivity index (χ3v) is 6.32. The second-order valence-electron chi connectivity index (χ2n) is 7.51. The minimum atomic E-state index is -3.64. The van der Waals surface area contributed by atoms with Crippen molar-refractivity contribution in [2.75, 3.05) is 0 Å². The first-order valence-corrected chi connectivity index (χ1v) is 9.95. The van der Waals surface area contributed by atoms with E-state index in [0.29, 0.717) is 11.3 Å². The van der Waals surface area contributed by atoms with Crippen LogP contribution in [-0.4, -0.2) is 14.0 Å².